The summed E-state index contributed by atoms with van der Waals surface area (Å²) in [5.74, 6) is -0.285. The number of nitrogens with two attached hydrogens (primary N) is 1. The van der Waals surface area contributed by atoms with E-state index < -0.39 is 23.8 Å². The zero-order valence-corrected chi connectivity index (χ0v) is 18.5. The SMILES string of the molecule is CC1(c2ccccc2)C(=O)Nc2nc(-c3nc(CCCC(F)(F)F)n4cc(F)ccc34)nc(N)c21. The first kappa shape index (κ1) is 22.8. The monoisotopic (exact) mass is 484 g/mol. The minimum absolute atomic E-state index is 0.0344. The van der Waals surface area contributed by atoms with E-state index in [1.165, 1.54) is 16.5 Å². The van der Waals surface area contributed by atoms with Crippen molar-refractivity contribution in [3.05, 3.63) is 71.4 Å². The van der Waals surface area contributed by atoms with Crippen molar-refractivity contribution >= 4 is 23.1 Å². The Balaban J connectivity index is 1.60. The summed E-state index contributed by atoms with van der Waals surface area (Å²) < 4.78 is 53.3. The molecular weight excluding hydrogens is 464 g/mol. The van der Waals surface area contributed by atoms with Gasteiger partial charge in [0.25, 0.3) is 0 Å². The summed E-state index contributed by atoms with van der Waals surface area (Å²) in [6.45, 7) is 1.73. The fourth-order valence-electron chi connectivity index (χ4n) is 4.47. The highest BCUT2D eigenvalue weighted by Gasteiger charge is 2.47. The molecule has 4 heterocycles. The molecule has 35 heavy (non-hydrogen) atoms. The maximum atomic E-state index is 13.9. The van der Waals surface area contributed by atoms with E-state index in [1.807, 2.05) is 30.3 Å². The molecule has 0 radical (unpaired) electrons. The average Bonchev–Trinajstić information content (AvgIpc) is 3.28. The highest BCUT2D eigenvalue weighted by Crippen LogP contribution is 2.45. The molecule has 4 aromatic rings. The number of rotatable bonds is 5. The van der Waals surface area contributed by atoms with Crippen LogP contribution in [0.25, 0.3) is 17.0 Å². The largest absolute Gasteiger partial charge is 0.389 e. The number of aromatic nitrogens is 4. The number of halogens is 4. The predicted molar refractivity (Wildman–Crippen MR) is 121 cm³/mol. The number of fused-ring (bicyclic) bond motifs is 2. The predicted octanol–water partition coefficient (Wildman–Crippen LogP) is 4.66. The number of nitrogens with zero attached hydrogens (tertiary/aromatic N) is 4. The van der Waals surface area contributed by atoms with E-state index in [4.69, 9.17) is 5.73 Å². The van der Waals surface area contributed by atoms with Crippen LogP contribution >= 0.6 is 0 Å². The Kier molecular flexibility index (Phi) is 5.22. The van der Waals surface area contributed by atoms with Gasteiger partial charge in [0.1, 0.15) is 34.4 Å². The third-order valence-corrected chi connectivity index (χ3v) is 6.22. The van der Waals surface area contributed by atoms with Gasteiger partial charge in [-0.3, -0.25) is 4.79 Å². The second-order valence-corrected chi connectivity index (χ2v) is 8.55. The quantitative estimate of drug-likeness (QED) is 0.402. The minimum Gasteiger partial charge on any atom is -0.383 e. The lowest BCUT2D eigenvalue weighted by molar-refractivity contribution is -0.135. The highest BCUT2D eigenvalue weighted by molar-refractivity contribution is 6.09. The Morgan fingerprint density at radius 3 is 2.54 bits per heavy atom. The van der Waals surface area contributed by atoms with Gasteiger partial charge >= 0.3 is 6.18 Å². The number of hydrogen-bond donors (Lipinski definition) is 2. The van der Waals surface area contributed by atoms with E-state index in [0.717, 1.165) is 6.20 Å². The first-order valence-corrected chi connectivity index (χ1v) is 10.9. The molecule has 1 atom stereocenters. The summed E-state index contributed by atoms with van der Waals surface area (Å²) in [6, 6.07) is 11.7. The lowest BCUT2D eigenvalue weighted by atomic mass is 9.78. The van der Waals surface area contributed by atoms with E-state index in [1.54, 1.807) is 6.92 Å². The summed E-state index contributed by atoms with van der Waals surface area (Å²) in [7, 11) is 0. The van der Waals surface area contributed by atoms with Crippen LogP contribution in [-0.2, 0) is 16.6 Å². The lowest BCUT2D eigenvalue weighted by Gasteiger charge is -2.23. The Labute approximate surface area is 197 Å². The number of imidazole rings is 1. The minimum atomic E-state index is -4.30. The molecule has 11 heteroatoms. The van der Waals surface area contributed by atoms with Crippen molar-refractivity contribution in [3.63, 3.8) is 0 Å². The van der Waals surface area contributed by atoms with Crippen molar-refractivity contribution in [1.82, 2.24) is 19.4 Å². The van der Waals surface area contributed by atoms with Gasteiger partial charge in [-0.2, -0.15) is 13.2 Å². The molecule has 0 aliphatic carbocycles. The molecule has 7 nitrogen and oxygen atoms in total. The van der Waals surface area contributed by atoms with Gasteiger partial charge in [-0.15, -0.1) is 0 Å². The van der Waals surface area contributed by atoms with Crippen molar-refractivity contribution in [3.8, 4) is 11.5 Å². The van der Waals surface area contributed by atoms with Crippen molar-refractivity contribution in [2.45, 2.75) is 37.8 Å². The van der Waals surface area contributed by atoms with Crippen LogP contribution < -0.4 is 11.1 Å². The maximum Gasteiger partial charge on any atom is 0.389 e. The molecule has 0 saturated heterocycles. The van der Waals surface area contributed by atoms with Gasteiger partial charge in [-0.25, -0.2) is 19.3 Å². The van der Waals surface area contributed by atoms with Crippen LogP contribution in [-0.4, -0.2) is 31.4 Å². The molecule has 3 aromatic heterocycles. The van der Waals surface area contributed by atoms with Gasteiger partial charge < -0.3 is 15.5 Å². The second-order valence-electron chi connectivity index (χ2n) is 8.55. The van der Waals surface area contributed by atoms with E-state index >= 15 is 0 Å². The van der Waals surface area contributed by atoms with Crippen LogP contribution in [0.5, 0.6) is 0 Å². The number of alkyl halides is 3. The Bertz CT molecular complexity index is 1450. The van der Waals surface area contributed by atoms with Crippen molar-refractivity contribution in [2.75, 3.05) is 11.1 Å². The number of nitrogen functional groups attached to an aromatic ring is 1. The molecule has 1 aliphatic heterocycles. The van der Waals surface area contributed by atoms with Gasteiger partial charge in [0.05, 0.1) is 11.1 Å². The molecule has 0 fully saturated rings. The zero-order valence-electron chi connectivity index (χ0n) is 18.5. The normalized spacial score (nSPS) is 17.6. The van der Waals surface area contributed by atoms with Crippen LogP contribution in [0, 0.1) is 5.82 Å². The summed E-state index contributed by atoms with van der Waals surface area (Å²) in [5.41, 5.74) is 6.99. The van der Waals surface area contributed by atoms with Crippen LogP contribution in [0.3, 0.4) is 0 Å². The van der Waals surface area contributed by atoms with Crippen molar-refractivity contribution in [1.29, 1.82) is 0 Å². The summed E-state index contributed by atoms with van der Waals surface area (Å²) in [4.78, 5) is 26.3. The van der Waals surface area contributed by atoms with E-state index in [0.29, 0.717) is 16.6 Å². The molecule has 0 saturated carbocycles. The fourth-order valence-corrected chi connectivity index (χ4v) is 4.47. The molecule has 5 rings (SSSR count). The molecular formula is C24H20F4N6O. The van der Waals surface area contributed by atoms with E-state index in [2.05, 4.69) is 20.3 Å². The van der Waals surface area contributed by atoms with Crippen LogP contribution in [0.15, 0.2) is 48.7 Å². The Hall–Kier alpha value is -4.02. The van der Waals surface area contributed by atoms with Gasteiger partial charge in [-0.1, -0.05) is 30.3 Å². The number of nitrogens with one attached hydrogen (secondary N) is 1. The van der Waals surface area contributed by atoms with Crippen LogP contribution in [0.4, 0.5) is 29.2 Å². The Morgan fingerprint density at radius 1 is 1.09 bits per heavy atom. The number of amides is 1. The second kappa shape index (κ2) is 8.03. The molecule has 1 amide bonds. The lowest BCUT2D eigenvalue weighted by Crippen LogP contribution is -2.32. The number of aryl methyl sites for hydroxylation is 1. The van der Waals surface area contributed by atoms with E-state index in [-0.39, 0.29) is 47.7 Å². The van der Waals surface area contributed by atoms with Gasteiger partial charge in [0, 0.05) is 19.0 Å². The third-order valence-electron chi connectivity index (χ3n) is 6.22. The van der Waals surface area contributed by atoms with E-state index in [9.17, 15) is 22.4 Å². The summed E-state index contributed by atoms with van der Waals surface area (Å²) in [6.07, 6.45) is -4.38. The standard InChI is InChI=1S/C24H20F4N6O/c1-23(13-6-3-2-4-7-13)17-19(29)31-21(32-20(17)33-22(23)35)18-15-10-9-14(25)12-34(15)16(30-18)8-5-11-24(26,27)28/h2-4,6-7,9-10,12H,5,8,11H2,1H3,(H3,29,31,32,33,35). The van der Waals surface area contributed by atoms with Gasteiger partial charge in [0.2, 0.25) is 5.91 Å². The number of carbonyl (C=O) groups excluding carboxylic acids is 1. The van der Waals surface area contributed by atoms with Crippen LogP contribution in [0.2, 0.25) is 0 Å². The smallest absolute Gasteiger partial charge is 0.383 e. The molecule has 1 aliphatic rings. The first-order valence-electron chi connectivity index (χ1n) is 10.9. The number of benzene rings is 1. The average molecular weight is 484 g/mol. The fraction of sp³-hybridized carbons (Fsp3) is 0.250. The molecule has 0 spiro atoms. The molecule has 1 unspecified atom stereocenters. The van der Waals surface area contributed by atoms with Crippen molar-refractivity contribution in [2.24, 2.45) is 0 Å². The van der Waals surface area contributed by atoms with Crippen molar-refractivity contribution < 1.29 is 22.4 Å². The third kappa shape index (κ3) is 3.86. The molecule has 1 aromatic carbocycles. The number of pyridine rings is 1. The molecule has 3 N–H and O–H groups in total. The molecule has 180 valence electrons. The molecule has 0 bridgehead atoms. The zero-order chi connectivity index (χ0) is 25.0. The number of hydrogen-bond acceptors (Lipinski definition) is 5. The van der Waals surface area contributed by atoms with Crippen LogP contribution in [0.1, 0.15) is 36.7 Å². The van der Waals surface area contributed by atoms with Gasteiger partial charge in [0.15, 0.2) is 5.82 Å². The number of anilines is 2. The highest BCUT2D eigenvalue weighted by atomic mass is 19.4. The summed E-state index contributed by atoms with van der Waals surface area (Å²) >= 11 is 0. The Morgan fingerprint density at radius 2 is 1.83 bits per heavy atom. The maximum absolute atomic E-state index is 13.9. The summed E-state index contributed by atoms with van der Waals surface area (Å²) in [5, 5.41) is 2.76. The first-order chi connectivity index (χ1) is 16.6. The topological polar surface area (TPSA) is 98.2 Å². The van der Waals surface area contributed by atoms with Gasteiger partial charge in [-0.05, 0) is 31.0 Å². The number of carbonyl (C=O) groups is 1.